The Balaban J connectivity index is 0.000000370. The minimum absolute atomic E-state index is 0.221. The molecule has 0 aliphatic heterocycles. The van der Waals surface area contributed by atoms with Crippen molar-refractivity contribution in [2.24, 2.45) is 0 Å². The number of Topliss-reactive ketones (excluding diaryl/α,β-unsaturated/α-hetero) is 1. The summed E-state index contributed by atoms with van der Waals surface area (Å²) < 4.78 is 40.3. The molecule has 3 nitrogen and oxygen atoms in total. The van der Waals surface area contributed by atoms with Gasteiger partial charge in [-0.3, -0.25) is 4.79 Å². The Labute approximate surface area is 115 Å². The quantitative estimate of drug-likeness (QED) is 0.631. The molecule has 0 fully saturated rings. The minimum Gasteiger partial charge on any atom is -0.460 e. The summed E-state index contributed by atoms with van der Waals surface area (Å²) in [5.74, 6) is -1.18. The number of halogens is 3. The van der Waals surface area contributed by atoms with Gasteiger partial charge in [0.05, 0.1) is 12.2 Å². The minimum atomic E-state index is -4.22. The van der Waals surface area contributed by atoms with Crippen molar-refractivity contribution in [3.8, 4) is 0 Å². The van der Waals surface area contributed by atoms with E-state index < -0.39 is 23.5 Å². The first-order valence-electron chi connectivity index (χ1n) is 6.06. The lowest BCUT2D eigenvalue weighted by molar-refractivity contribution is -0.153. The number of carbonyl (C=O) groups excluding carboxylic acids is 2. The molecule has 0 amide bonds. The highest BCUT2D eigenvalue weighted by atomic mass is 19.4. The smallest absolute Gasteiger partial charge is 0.416 e. The third kappa shape index (κ3) is 6.92. The number of carbonyl (C=O) groups is 2. The van der Waals surface area contributed by atoms with E-state index in [1.807, 2.05) is 0 Å². The van der Waals surface area contributed by atoms with Crippen molar-refractivity contribution in [3.63, 3.8) is 0 Å². The fourth-order valence-corrected chi connectivity index (χ4v) is 1.18. The van der Waals surface area contributed by atoms with E-state index in [0.29, 0.717) is 5.56 Å². The predicted octanol–water partition coefficient (Wildman–Crippen LogP) is 3.54. The van der Waals surface area contributed by atoms with E-state index in [-0.39, 0.29) is 13.0 Å². The lowest BCUT2D eigenvalue weighted by Crippen LogP contribution is -2.15. The summed E-state index contributed by atoms with van der Waals surface area (Å²) in [7, 11) is 0. The van der Waals surface area contributed by atoms with Gasteiger partial charge in [-0.25, -0.2) is 4.79 Å². The molecule has 0 bridgehead atoms. The molecular formula is C14H17F3O3. The number of esters is 1. The first-order valence-corrected chi connectivity index (χ1v) is 6.06. The van der Waals surface area contributed by atoms with Crippen LogP contribution in [0.5, 0.6) is 0 Å². The van der Waals surface area contributed by atoms with Crippen LogP contribution in [0.15, 0.2) is 24.3 Å². The van der Waals surface area contributed by atoms with Gasteiger partial charge in [0, 0.05) is 6.42 Å². The van der Waals surface area contributed by atoms with Gasteiger partial charge in [0.15, 0.2) is 0 Å². The summed E-state index contributed by atoms with van der Waals surface area (Å²) in [6.07, 6.45) is -4.00. The second-order valence-electron chi connectivity index (χ2n) is 3.86. The van der Waals surface area contributed by atoms with Crippen LogP contribution >= 0.6 is 0 Å². The number of ketones is 1. The van der Waals surface area contributed by atoms with E-state index in [1.54, 1.807) is 26.8 Å². The average molecular weight is 290 g/mol. The van der Waals surface area contributed by atoms with E-state index >= 15 is 0 Å². The molecule has 0 saturated carbocycles. The normalized spacial score (nSPS) is 10.3. The standard InChI is InChI=1S/C8H7F3.C6H10O3/c1-6-3-2-4-7(5-6)8(9,10)11;1-3-5(7)6(8)9-4-2/h2-5H,1H3;3-4H2,1-2H3. The molecule has 6 heteroatoms. The second-order valence-corrected chi connectivity index (χ2v) is 3.86. The highest BCUT2D eigenvalue weighted by Gasteiger charge is 2.29. The average Bonchev–Trinajstić information content (AvgIpc) is 2.38. The van der Waals surface area contributed by atoms with Crippen molar-refractivity contribution in [1.82, 2.24) is 0 Å². The monoisotopic (exact) mass is 290 g/mol. The molecule has 0 heterocycles. The van der Waals surface area contributed by atoms with Crippen molar-refractivity contribution < 1.29 is 27.5 Å². The first kappa shape index (κ1) is 18.1. The maximum Gasteiger partial charge on any atom is 0.416 e. The maximum atomic E-state index is 12.0. The summed E-state index contributed by atoms with van der Waals surface area (Å²) in [6.45, 7) is 5.19. The SMILES string of the molecule is CCOC(=O)C(=O)CC.Cc1cccc(C(F)(F)F)c1. The molecule has 1 rings (SSSR count). The fraction of sp³-hybridized carbons (Fsp3) is 0.429. The fourth-order valence-electron chi connectivity index (χ4n) is 1.18. The lowest BCUT2D eigenvalue weighted by Gasteiger charge is -2.05. The van der Waals surface area contributed by atoms with Gasteiger partial charge < -0.3 is 4.74 Å². The van der Waals surface area contributed by atoms with E-state index in [0.717, 1.165) is 12.1 Å². The molecule has 1 aromatic carbocycles. The molecule has 20 heavy (non-hydrogen) atoms. The molecular weight excluding hydrogens is 273 g/mol. The van der Waals surface area contributed by atoms with Crippen LogP contribution in [0.1, 0.15) is 31.4 Å². The topological polar surface area (TPSA) is 43.4 Å². The molecule has 0 radical (unpaired) electrons. The maximum absolute atomic E-state index is 12.0. The Bertz CT molecular complexity index is 453. The Hall–Kier alpha value is -1.85. The van der Waals surface area contributed by atoms with Gasteiger partial charge in [0.1, 0.15) is 0 Å². The molecule has 112 valence electrons. The van der Waals surface area contributed by atoms with E-state index in [4.69, 9.17) is 0 Å². The van der Waals surface area contributed by atoms with Crippen molar-refractivity contribution in [2.75, 3.05) is 6.61 Å². The highest BCUT2D eigenvalue weighted by Crippen LogP contribution is 2.29. The molecule has 0 atom stereocenters. The lowest BCUT2D eigenvalue weighted by atomic mass is 10.1. The van der Waals surface area contributed by atoms with Crippen molar-refractivity contribution in [3.05, 3.63) is 35.4 Å². The van der Waals surface area contributed by atoms with Crippen LogP contribution in [0.2, 0.25) is 0 Å². The zero-order chi connectivity index (χ0) is 15.8. The van der Waals surface area contributed by atoms with Crippen LogP contribution in [0, 0.1) is 6.92 Å². The molecule has 0 aliphatic rings. The van der Waals surface area contributed by atoms with Crippen LogP contribution in [0.25, 0.3) is 0 Å². The summed E-state index contributed by atoms with van der Waals surface area (Å²) >= 11 is 0. The van der Waals surface area contributed by atoms with Gasteiger partial charge >= 0.3 is 12.1 Å². The van der Waals surface area contributed by atoms with Crippen molar-refractivity contribution in [1.29, 1.82) is 0 Å². The zero-order valence-corrected chi connectivity index (χ0v) is 11.6. The number of benzene rings is 1. The Morgan fingerprint density at radius 1 is 1.20 bits per heavy atom. The van der Waals surface area contributed by atoms with Crippen LogP contribution in [0.3, 0.4) is 0 Å². The van der Waals surface area contributed by atoms with Crippen LogP contribution in [0.4, 0.5) is 13.2 Å². The van der Waals surface area contributed by atoms with Crippen molar-refractivity contribution >= 4 is 11.8 Å². The molecule has 0 aliphatic carbocycles. The Kier molecular flexibility index (Phi) is 7.57. The first-order chi connectivity index (χ1) is 9.22. The highest BCUT2D eigenvalue weighted by molar-refractivity contribution is 6.33. The molecule has 0 saturated heterocycles. The summed E-state index contributed by atoms with van der Waals surface area (Å²) in [5, 5.41) is 0. The molecule has 0 unspecified atom stereocenters. The van der Waals surface area contributed by atoms with Crippen LogP contribution < -0.4 is 0 Å². The number of hydrogen-bond acceptors (Lipinski definition) is 3. The van der Waals surface area contributed by atoms with E-state index in [2.05, 4.69) is 4.74 Å². The predicted molar refractivity (Wildman–Crippen MR) is 68.1 cm³/mol. The molecule has 0 aromatic heterocycles. The van der Waals surface area contributed by atoms with Gasteiger partial charge in [0.25, 0.3) is 0 Å². The third-order valence-electron chi connectivity index (χ3n) is 2.17. The van der Waals surface area contributed by atoms with E-state index in [1.165, 1.54) is 6.07 Å². The van der Waals surface area contributed by atoms with Gasteiger partial charge in [-0.05, 0) is 19.9 Å². The number of aryl methyl sites for hydroxylation is 1. The Morgan fingerprint density at radius 2 is 1.80 bits per heavy atom. The van der Waals surface area contributed by atoms with Crippen LogP contribution in [-0.2, 0) is 20.5 Å². The summed E-state index contributed by atoms with van der Waals surface area (Å²) in [5.41, 5.74) is 0.0392. The number of rotatable bonds is 3. The number of alkyl halides is 3. The summed E-state index contributed by atoms with van der Waals surface area (Å²) in [6, 6.07) is 5.22. The van der Waals surface area contributed by atoms with E-state index in [9.17, 15) is 22.8 Å². The Morgan fingerprint density at radius 3 is 2.15 bits per heavy atom. The van der Waals surface area contributed by atoms with Crippen LogP contribution in [-0.4, -0.2) is 18.4 Å². The molecule has 0 spiro atoms. The zero-order valence-electron chi connectivity index (χ0n) is 11.6. The number of ether oxygens (including phenoxy) is 1. The molecule has 0 N–H and O–H groups in total. The third-order valence-corrected chi connectivity index (χ3v) is 2.17. The number of hydrogen-bond donors (Lipinski definition) is 0. The largest absolute Gasteiger partial charge is 0.460 e. The van der Waals surface area contributed by atoms with Gasteiger partial charge in [0.2, 0.25) is 5.78 Å². The summed E-state index contributed by atoms with van der Waals surface area (Å²) in [4.78, 5) is 20.8. The van der Waals surface area contributed by atoms with Crippen molar-refractivity contribution in [2.45, 2.75) is 33.4 Å². The van der Waals surface area contributed by atoms with Gasteiger partial charge in [-0.1, -0.05) is 30.7 Å². The molecule has 1 aromatic rings. The second kappa shape index (κ2) is 8.35. The van der Waals surface area contributed by atoms with Gasteiger partial charge in [-0.2, -0.15) is 13.2 Å². The van der Waals surface area contributed by atoms with Gasteiger partial charge in [-0.15, -0.1) is 0 Å².